The second-order valence-corrected chi connectivity index (χ2v) is 11.1. The molecule has 35 heavy (non-hydrogen) atoms. The zero-order chi connectivity index (χ0) is 25.9. The highest BCUT2D eigenvalue weighted by atomic mass is 79.9. The third-order valence-corrected chi connectivity index (χ3v) is 8.71. The van der Waals surface area contributed by atoms with Crippen molar-refractivity contribution in [2.45, 2.75) is 75.1 Å². The van der Waals surface area contributed by atoms with Crippen molar-refractivity contribution in [3.8, 4) is 0 Å². The Hall–Kier alpha value is -1.71. The number of hydrogen-bond acceptors (Lipinski definition) is 6. The lowest BCUT2D eigenvalue weighted by atomic mass is 9.70. The molecule has 3 aliphatic rings. The van der Waals surface area contributed by atoms with Crippen LogP contribution in [-0.2, 0) is 23.9 Å². The van der Waals surface area contributed by atoms with E-state index in [2.05, 4.69) is 36.0 Å². The van der Waals surface area contributed by atoms with Gasteiger partial charge in [0.1, 0.15) is 18.2 Å². The first-order valence-electron chi connectivity index (χ1n) is 12.7. The summed E-state index contributed by atoms with van der Waals surface area (Å²) < 4.78 is 11.9. The lowest BCUT2D eigenvalue weighted by Crippen LogP contribution is -2.60. The number of rotatable bonds is 13. The van der Waals surface area contributed by atoms with Crippen molar-refractivity contribution in [3.05, 3.63) is 25.3 Å². The first-order chi connectivity index (χ1) is 16.7. The molecule has 0 aliphatic carbocycles. The summed E-state index contributed by atoms with van der Waals surface area (Å²) in [4.78, 5) is 44.4. The van der Waals surface area contributed by atoms with Gasteiger partial charge in [0.05, 0.1) is 30.6 Å². The molecule has 2 bridgehead atoms. The van der Waals surface area contributed by atoms with E-state index in [1.807, 2.05) is 13.8 Å². The minimum atomic E-state index is -1.17. The van der Waals surface area contributed by atoms with Crippen LogP contribution >= 0.6 is 15.9 Å². The van der Waals surface area contributed by atoms with Crippen LogP contribution < -0.4 is 0 Å². The van der Waals surface area contributed by atoms with E-state index in [0.717, 1.165) is 19.3 Å². The van der Waals surface area contributed by atoms with Crippen LogP contribution in [0.2, 0.25) is 0 Å². The Balaban J connectivity index is 2.11. The molecule has 3 fully saturated rings. The van der Waals surface area contributed by atoms with Gasteiger partial charge < -0.3 is 24.4 Å². The van der Waals surface area contributed by atoms with Gasteiger partial charge in [-0.05, 0) is 18.8 Å². The molecule has 3 aliphatic heterocycles. The molecule has 0 aromatic heterocycles. The number of likely N-dealkylation sites (tertiary alicyclic amines) is 1. The van der Waals surface area contributed by atoms with Crippen molar-refractivity contribution in [2.75, 3.05) is 26.3 Å². The predicted molar refractivity (Wildman–Crippen MR) is 136 cm³/mol. The number of esters is 1. The average Bonchev–Trinajstić information content (AvgIpc) is 3.44. The Morgan fingerprint density at radius 3 is 2.66 bits per heavy atom. The summed E-state index contributed by atoms with van der Waals surface area (Å²) in [6.45, 7) is 14.0. The van der Waals surface area contributed by atoms with Crippen molar-refractivity contribution in [3.63, 3.8) is 0 Å². The van der Waals surface area contributed by atoms with Crippen molar-refractivity contribution in [2.24, 2.45) is 17.8 Å². The maximum Gasteiger partial charge on any atom is 0.312 e. The number of aliphatic hydroxyl groups excluding tert-OH is 1. The second-order valence-electron chi connectivity index (χ2n) is 9.89. The molecule has 8 nitrogen and oxygen atoms in total. The summed E-state index contributed by atoms with van der Waals surface area (Å²) in [5.41, 5.74) is -1.17. The maximum absolute atomic E-state index is 14.2. The Labute approximate surface area is 216 Å². The van der Waals surface area contributed by atoms with E-state index < -0.39 is 41.6 Å². The Bertz CT molecular complexity index is 837. The molecular weight excluding hydrogens is 516 g/mol. The van der Waals surface area contributed by atoms with Crippen LogP contribution in [0.3, 0.4) is 0 Å². The SMILES string of the molecule is C=CCOC(=O)[C@H]1[C@@H]2OC3(CC2Br)C(C(=O)N(CC=C)CCCC)N([C@@H](CO)[C@@H](C)CC)C(=O)[C@H]13. The summed E-state index contributed by atoms with van der Waals surface area (Å²) in [7, 11) is 0. The van der Waals surface area contributed by atoms with Gasteiger partial charge in [0, 0.05) is 17.9 Å². The highest BCUT2D eigenvalue weighted by Crippen LogP contribution is 2.61. The monoisotopic (exact) mass is 554 g/mol. The number of alkyl halides is 1. The van der Waals surface area contributed by atoms with Crippen molar-refractivity contribution >= 4 is 33.7 Å². The fourth-order valence-corrected chi connectivity index (χ4v) is 6.94. The Morgan fingerprint density at radius 1 is 1.37 bits per heavy atom. The minimum absolute atomic E-state index is 0.0330. The molecule has 3 heterocycles. The first kappa shape index (κ1) is 27.9. The smallest absolute Gasteiger partial charge is 0.312 e. The van der Waals surface area contributed by atoms with Gasteiger partial charge >= 0.3 is 5.97 Å². The van der Waals surface area contributed by atoms with Crippen LogP contribution in [0, 0.1) is 17.8 Å². The number of fused-ring (bicyclic) bond motifs is 1. The molecule has 0 radical (unpaired) electrons. The molecular formula is C26H39BrN2O6. The molecule has 9 heteroatoms. The third-order valence-electron chi connectivity index (χ3n) is 7.86. The molecule has 2 amide bonds. The Kier molecular flexibility index (Phi) is 9.21. The normalized spacial score (nSPS) is 32.8. The molecule has 0 saturated carbocycles. The third kappa shape index (κ3) is 4.71. The molecule has 1 spiro atoms. The number of ether oxygens (including phenoxy) is 2. The number of halogens is 1. The van der Waals surface area contributed by atoms with Gasteiger partial charge in [-0.2, -0.15) is 0 Å². The van der Waals surface area contributed by atoms with E-state index in [0.29, 0.717) is 19.5 Å². The van der Waals surface area contributed by atoms with Gasteiger partial charge in [0.25, 0.3) is 0 Å². The highest BCUT2D eigenvalue weighted by molar-refractivity contribution is 9.09. The summed E-state index contributed by atoms with van der Waals surface area (Å²) >= 11 is 3.65. The van der Waals surface area contributed by atoms with E-state index >= 15 is 0 Å². The van der Waals surface area contributed by atoms with Crippen LogP contribution in [0.4, 0.5) is 0 Å². The van der Waals surface area contributed by atoms with Crippen molar-refractivity contribution in [1.29, 1.82) is 0 Å². The minimum Gasteiger partial charge on any atom is -0.461 e. The molecule has 8 atom stereocenters. The summed E-state index contributed by atoms with van der Waals surface area (Å²) in [6.07, 6.45) is 5.44. The molecule has 0 aromatic rings. The van der Waals surface area contributed by atoms with E-state index in [9.17, 15) is 19.5 Å². The van der Waals surface area contributed by atoms with Crippen LogP contribution in [0.5, 0.6) is 0 Å². The van der Waals surface area contributed by atoms with Gasteiger partial charge in [-0.1, -0.05) is 68.3 Å². The fourth-order valence-electron chi connectivity index (χ4n) is 5.99. The van der Waals surface area contributed by atoms with Crippen molar-refractivity contribution in [1.82, 2.24) is 9.80 Å². The maximum atomic E-state index is 14.2. The van der Waals surface area contributed by atoms with Crippen molar-refractivity contribution < 1.29 is 29.0 Å². The standard InChI is InChI=1S/C26H39BrN2O6/c1-6-10-12-28(11-7-2)24(32)22-26-14-17(27)21(35-26)19(25(33)34-13-8-3)20(26)23(31)29(22)18(15-30)16(5)9-4/h7-8,16-22,30H,2-3,6,9-15H2,1,4-5H3/t16-,17?,18-,19+,20-,21+,22?,26?/m0/s1. The number of carbonyl (C=O) groups excluding carboxylic acids is 3. The largest absolute Gasteiger partial charge is 0.461 e. The van der Waals surface area contributed by atoms with E-state index in [1.54, 1.807) is 11.0 Å². The van der Waals surface area contributed by atoms with Gasteiger partial charge in [-0.15, -0.1) is 6.58 Å². The van der Waals surface area contributed by atoms with Gasteiger partial charge in [-0.3, -0.25) is 14.4 Å². The second kappa shape index (κ2) is 11.6. The molecule has 1 N–H and O–H groups in total. The van der Waals surface area contributed by atoms with E-state index in [1.165, 1.54) is 11.0 Å². The first-order valence-corrected chi connectivity index (χ1v) is 13.6. The quantitative estimate of drug-likeness (QED) is 0.213. The number of nitrogens with zero attached hydrogens (tertiary/aromatic N) is 2. The number of amides is 2. The zero-order valence-corrected chi connectivity index (χ0v) is 22.6. The van der Waals surface area contributed by atoms with Gasteiger partial charge in [0.15, 0.2) is 0 Å². The van der Waals surface area contributed by atoms with Crippen LogP contribution in [0.1, 0.15) is 46.5 Å². The lowest BCUT2D eigenvalue weighted by molar-refractivity contribution is -0.156. The Morgan fingerprint density at radius 2 is 2.09 bits per heavy atom. The molecule has 196 valence electrons. The highest BCUT2D eigenvalue weighted by Gasteiger charge is 2.77. The zero-order valence-electron chi connectivity index (χ0n) is 21.0. The number of carbonyl (C=O) groups is 3. The fraction of sp³-hybridized carbons (Fsp3) is 0.731. The average molecular weight is 556 g/mol. The van der Waals surface area contributed by atoms with E-state index in [4.69, 9.17) is 9.47 Å². The number of hydrogen-bond donors (Lipinski definition) is 1. The summed E-state index contributed by atoms with van der Waals surface area (Å²) in [5, 5.41) is 10.4. The van der Waals surface area contributed by atoms with Crippen LogP contribution in [0.25, 0.3) is 0 Å². The number of aliphatic hydroxyl groups is 1. The van der Waals surface area contributed by atoms with Crippen LogP contribution in [-0.4, -0.2) is 87.6 Å². The molecule has 3 unspecified atom stereocenters. The topological polar surface area (TPSA) is 96.4 Å². The van der Waals surface area contributed by atoms with Crippen LogP contribution in [0.15, 0.2) is 25.3 Å². The molecule has 0 aromatic carbocycles. The molecule has 3 saturated heterocycles. The van der Waals surface area contributed by atoms with Gasteiger partial charge in [-0.25, -0.2) is 0 Å². The summed E-state index contributed by atoms with van der Waals surface area (Å²) in [5.74, 6) is -2.80. The lowest BCUT2D eigenvalue weighted by Gasteiger charge is -2.41. The number of unbranched alkanes of at least 4 members (excludes halogenated alkanes) is 1. The van der Waals surface area contributed by atoms with Gasteiger partial charge in [0.2, 0.25) is 11.8 Å². The van der Waals surface area contributed by atoms with E-state index in [-0.39, 0.29) is 35.8 Å². The predicted octanol–water partition coefficient (Wildman–Crippen LogP) is 2.69. The molecule has 3 rings (SSSR count). The summed E-state index contributed by atoms with van der Waals surface area (Å²) in [6, 6.07) is -1.51.